The van der Waals surface area contributed by atoms with Crippen molar-refractivity contribution in [3.8, 4) is 0 Å². The van der Waals surface area contributed by atoms with Gasteiger partial charge < -0.3 is 15.5 Å². The summed E-state index contributed by atoms with van der Waals surface area (Å²) < 4.78 is 0. The summed E-state index contributed by atoms with van der Waals surface area (Å²) in [5.41, 5.74) is 5.48. The predicted octanol–water partition coefficient (Wildman–Crippen LogP) is 0.339. The van der Waals surface area contributed by atoms with E-state index in [0.717, 1.165) is 32.5 Å². The first kappa shape index (κ1) is 10.3. The maximum absolute atomic E-state index is 11.5. The van der Waals surface area contributed by atoms with Crippen molar-refractivity contribution in [2.75, 3.05) is 33.7 Å². The Bertz CT molecular complexity index is 182. The van der Waals surface area contributed by atoms with Gasteiger partial charge in [0.15, 0.2) is 0 Å². The molecule has 0 aliphatic carbocycles. The van der Waals surface area contributed by atoms with E-state index < -0.39 is 0 Å². The summed E-state index contributed by atoms with van der Waals surface area (Å²) in [6.45, 7) is 2.50. The number of nitrogens with zero attached hydrogens (tertiary/aromatic N) is 2. The first-order valence-electron chi connectivity index (χ1n) is 4.81. The first-order valence-corrected chi connectivity index (χ1v) is 4.81. The molecule has 1 rings (SSSR count). The van der Waals surface area contributed by atoms with E-state index in [1.165, 1.54) is 0 Å². The second-order valence-electron chi connectivity index (χ2n) is 3.86. The fraction of sp³-hybridized carbons (Fsp3) is 0.889. The Morgan fingerprint density at radius 2 is 2.31 bits per heavy atom. The Kier molecular flexibility index (Phi) is 3.54. The van der Waals surface area contributed by atoms with Crippen molar-refractivity contribution < 1.29 is 4.79 Å². The van der Waals surface area contributed by atoms with Crippen molar-refractivity contribution in [2.45, 2.75) is 12.8 Å². The van der Waals surface area contributed by atoms with Gasteiger partial charge in [-0.25, -0.2) is 4.79 Å². The molecule has 2 N–H and O–H groups in total. The summed E-state index contributed by atoms with van der Waals surface area (Å²) in [6, 6.07) is 0.125. The summed E-state index contributed by atoms with van der Waals surface area (Å²) in [5.74, 6) is 0.619. The number of likely N-dealkylation sites (tertiary alicyclic amines) is 1. The average Bonchev–Trinajstić information content (AvgIpc) is 2.52. The van der Waals surface area contributed by atoms with Crippen molar-refractivity contribution in [3.63, 3.8) is 0 Å². The second kappa shape index (κ2) is 4.46. The summed E-state index contributed by atoms with van der Waals surface area (Å²) in [4.78, 5) is 15.0. The van der Waals surface area contributed by atoms with E-state index in [4.69, 9.17) is 5.73 Å². The maximum atomic E-state index is 11.5. The molecule has 1 heterocycles. The van der Waals surface area contributed by atoms with Crippen LogP contribution in [0.5, 0.6) is 0 Å². The van der Waals surface area contributed by atoms with E-state index >= 15 is 0 Å². The molecule has 0 spiro atoms. The minimum Gasteiger partial charge on any atom is -0.331 e. The number of amides is 2. The van der Waals surface area contributed by atoms with Crippen molar-refractivity contribution >= 4 is 6.03 Å². The molecule has 4 heteroatoms. The normalized spacial score (nSPS) is 22.1. The van der Waals surface area contributed by atoms with Gasteiger partial charge in [-0.3, -0.25) is 0 Å². The molecule has 0 bridgehead atoms. The van der Waals surface area contributed by atoms with Crippen LogP contribution in [0.15, 0.2) is 0 Å². The summed E-state index contributed by atoms with van der Waals surface area (Å²) in [6.07, 6.45) is 2.15. The third kappa shape index (κ3) is 2.59. The Labute approximate surface area is 79.7 Å². The lowest BCUT2D eigenvalue weighted by Gasteiger charge is -2.21. The molecule has 0 aromatic rings. The fourth-order valence-corrected chi connectivity index (χ4v) is 1.76. The third-order valence-corrected chi connectivity index (χ3v) is 2.51. The molecule has 1 unspecified atom stereocenters. The highest BCUT2D eigenvalue weighted by atomic mass is 16.2. The van der Waals surface area contributed by atoms with Crippen LogP contribution >= 0.6 is 0 Å². The van der Waals surface area contributed by atoms with Crippen molar-refractivity contribution in [2.24, 2.45) is 11.7 Å². The smallest absolute Gasteiger partial charge is 0.319 e. The molecule has 0 saturated carbocycles. The van der Waals surface area contributed by atoms with E-state index in [0.29, 0.717) is 5.92 Å². The Hall–Kier alpha value is -0.770. The molecule has 0 radical (unpaired) electrons. The lowest BCUT2D eigenvalue weighted by Crippen LogP contribution is -2.37. The molecule has 0 aromatic heterocycles. The largest absolute Gasteiger partial charge is 0.331 e. The van der Waals surface area contributed by atoms with Gasteiger partial charge in [0.2, 0.25) is 0 Å². The molecule has 1 atom stereocenters. The van der Waals surface area contributed by atoms with E-state index in [1.807, 2.05) is 4.90 Å². The van der Waals surface area contributed by atoms with Crippen LogP contribution < -0.4 is 5.73 Å². The molecule has 4 nitrogen and oxygen atoms in total. The van der Waals surface area contributed by atoms with Crippen molar-refractivity contribution in [1.29, 1.82) is 0 Å². The summed E-state index contributed by atoms with van der Waals surface area (Å²) in [7, 11) is 3.58. The van der Waals surface area contributed by atoms with E-state index in [9.17, 15) is 4.79 Å². The van der Waals surface area contributed by atoms with Gasteiger partial charge in [0, 0.05) is 27.2 Å². The minimum atomic E-state index is 0.125. The zero-order chi connectivity index (χ0) is 9.84. The first-order chi connectivity index (χ1) is 6.15. The molecular weight excluding hydrogens is 166 g/mol. The van der Waals surface area contributed by atoms with Crippen molar-refractivity contribution in [3.05, 3.63) is 0 Å². The van der Waals surface area contributed by atoms with Gasteiger partial charge >= 0.3 is 6.03 Å². The van der Waals surface area contributed by atoms with Crippen LogP contribution in [-0.4, -0.2) is 49.6 Å². The number of nitrogens with two attached hydrogens (primary N) is 1. The number of hydrogen-bond donors (Lipinski definition) is 1. The molecule has 1 saturated heterocycles. The zero-order valence-electron chi connectivity index (χ0n) is 8.49. The summed E-state index contributed by atoms with van der Waals surface area (Å²) in [5, 5.41) is 0. The number of carbonyl (C=O) groups is 1. The lowest BCUT2D eigenvalue weighted by atomic mass is 10.1. The lowest BCUT2D eigenvalue weighted by molar-refractivity contribution is 0.180. The predicted molar refractivity (Wildman–Crippen MR) is 52.4 cm³/mol. The Morgan fingerprint density at radius 1 is 1.62 bits per heavy atom. The molecule has 1 fully saturated rings. The molecule has 13 heavy (non-hydrogen) atoms. The van der Waals surface area contributed by atoms with Gasteiger partial charge in [-0.2, -0.15) is 0 Å². The Morgan fingerprint density at radius 3 is 2.85 bits per heavy atom. The highest BCUT2D eigenvalue weighted by molar-refractivity contribution is 5.74. The Balaban J connectivity index is 2.36. The van der Waals surface area contributed by atoms with Crippen LogP contribution in [0.1, 0.15) is 12.8 Å². The SMILES string of the molecule is CN(C)C(=O)N1CCC(CCN)C1. The third-order valence-electron chi connectivity index (χ3n) is 2.51. The molecule has 1 aliphatic heterocycles. The number of rotatable bonds is 2. The average molecular weight is 185 g/mol. The van der Waals surface area contributed by atoms with Crippen LogP contribution in [0, 0.1) is 5.92 Å². The van der Waals surface area contributed by atoms with E-state index in [2.05, 4.69) is 0 Å². The molecule has 1 aliphatic rings. The fourth-order valence-electron chi connectivity index (χ4n) is 1.76. The molecular formula is C9H19N3O. The zero-order valence-corrected chi connectivity index (χ0v) is 8.49. The number of hydrogen-bond acceptors (Lipinski definition) is 2. The highest BCUT2D eigenvalue weighted by Gasteiger charge is 2.26. The van der Waals surface area contributed by atoms with E-state index in [1.54, 1.807) is 19.0 Å². The van der Waals surface area contributed by atoms with Gasteiger partial charge in [-0.15, -0.1) is 0 Å². The number of carbonyl (C=O) groups excluding carboxylic acids is 1. The van der Waals surface area contributed by atoms with Gasteiger partial charge in [0.1, 0.15) is 0 Å². The molecule has 0 aromatic carbocycles. The second-order valence-corrected chi connectivity index (χ2v) is 3.86. The van der Waals surface area contributed by atoms with Crippen LogP contribution in [0.25, 0.3) is 0 Å². The van der Waals surface area contributed by atoms with Gasteiger partial charge in [0.25, 0.3) is 0 Å². The van der Waals surface area contributed by atoms with Gasteiger partial charge in [-0.05, 0) is 25.3 Å². The van der Waals surface area contributed by atoms with E-state index in [-0.39, 0.29) is 6.03 Å². The van der Waals surface area contributed by atoms with Crippen LogP contribution in [0.2, 0.25) is 0 Å². The molecule has 76 valence electrons. The summed E-state index contributed by atoms with van der Waals surface area (Å²) >= 11 is 0. The monoisotopic (exact) mass is 185 g/mol. The number of urea groups is 1. The van der Waals surface area contributed by atoms with Crippen LogP contribution in [0.4, 0.5) is 4.79 Å². The van der Waals surface area contributed by atoms with Gasteiger partial charge in [0.05, 0.1) is 0 Å². The molecule has 2 amide bonds. The standard InChI is InChI=1S/C9H19N3O/c1-11(2)9(13)12-6-4-8(7-12)3-5-10/h8H,3-7,10H2,1-2H3. The topological polar surface area (TPSA) is 49.6 Å². The highest BCUT2D eigenvalue weighted by Crippen LogP contribution is 2.19. The minimum absolute atomic E-state index is 0.125. The van der Waals surface area contributed by atoms with Crippen molar-refractivity contribution in [1.82, 2.24) is 9.80 Å². The maximum Gasteiger partial charge on any atom is 0.319 e. The van der Waals surface area contributed by atoms with Crippen LogP contribution in [-0.2, 0) is 0 Å². The van der Waals surface area contributed by atoms with Gasteiger partial charge in [-0.1, -0.05) is 0 Å². The quantitative estimate of drug-likeness (QED) is 0.674. The van der Waals surface area contributed by atoms with Crippen LogP contribution in [0.3, 0.4) is 0 Å².